The van der Waals surface area contributed by atoms with Gasteiger partial charge < -0.3 is 10.2 Å². The number of nitrogens with zero attached hydrogens (tertiary/aromatic N) is 1. The first-order valence-electron chi connectivity index (χ1n) is 7.73. The Hall–Kier alpha value is -2.38. The van der Waals surface area contributed by atoms with E-state index >= 15 is 0 Å². The first-order valence-corrected chi connectivity index (χ1v) is 7.73. The van der Waals surface area contributed by atoms with Crippen LogP contribution in [0.25, 0.3) is 0 Å². The van der Waals surface area contributed by atoms with Crippen molar-refractivity contribution in [2.24, 2.45) is 0 Å². The highest BCUT2D eigenvalue weighted by molar-refractivity contribution is 6.12. The van der Waals surface area contributed by atoms with Crippen LogP contribution in [0.15, 0.2) is 42.3 Å². The average Bonchev–Trinajstić information content (AvgIpc) is 2.62. The van der Waals surface area contributed by atoms with Crippen molar-refractivity contribution in [2.75, 3.05) is 13.1 Å². The van der Waals surface area contributed by atoms with Gasteiger partial charge in [0.05, 0.1) is 6.20 Å². The van der Waals surface area contributed by atoms with Crippen molar-refractivity contribution in [3.63, 3.8) is 0 Å². The minimum atomic E-state index is -0.976. The van der Waals surface area contributed by atoms with E-state index in [1.807, 2.05) is 30.3 Å². The molecular formula is C16H20N4O3. The summed E-state index contributed by atoms with van der Waals surface area (Å²) in [6, 6.07) is 8.59. The molecule has 2 heterocycles. The van der Waals surface area contributed by atoms with Gasteiger partial charge in [-0.2, -0.15) is 0 Å². The number of Topliss-reactive ketones (excluding diaryl/α,β-unsaturated/α-hetero) is 1. The Balaban J connectivity index is 1.61. The molecule has 23 heavy (non-hydrogen) atoms. The lowest BCUT2D eigenvalue weighted by Crippen LogP contribution is -2.60. The van der Waals surface area contributed by atoms with Gasteiger partial charge in [-0.25, -0.2) is 10.9 Å². The highest BCUT2D eigenvalue weighted by Gasteiger charge is 2.36. The van der Waals surface area contributed by atoms with Crippen LogP contribution in [0.4, 0.5) is 0 Å². The highest BCUT2D eigenvalue weighted by atomic mass is 16.5. The number of hydrogen-bond donors (Lipinski definition) is 3. The quantitative estimate of drug-likeness (QED) is 0.689. The molecule has 0 aromatic heterocycles. The van der Waals surface area contributed by atoms with E-state index in [-0.39, 0.29) is 24.1 Å². The molecule has 0 radical (unpaired) electrons. The number of carbonyl (C=O) groups is 2. The number of ketones is 1. The predicted octanol–water partition coefficient (Wildman–Crippen LogP) is 0.217. The molecular weight excluding hydrogens is 296 g/mol. The van der Waals surface area contributed by atoms with Gasteiger partial charge in [0.15, 0.2) is 11.8 Å². The number of ether oxygens (including phenoxy) is 1. The van der Waals surface area contributed by atoms with Gasteiger partial charge in [-0.1, -0.05) is 30.3 Å². The topological polar surface area (TPSA) is 82.7 Å². The molecule has 1 aromatic rings. The van der Waals surface area contributed by atoms with Crippen LogP contribution in [0.2, 0.25) is 0 Å². The number of hydrogen-bond acceptors (Lipinski definition) is 6. The van der Waals surface area contributed by atoms with Gasteiger partial charge in [0, 0.05) is 13.1 Å². The minimum absolute atomic E-state index is 0.156. The van der Waals surface area contributed by atoms with Gasteiger partial charge in [0.1, 0.15) is 6.61 Å². The fourth-order valence-electron chi connectivity index (χ4n) is 2.52. The van der Waals surface area contributed by atoms with Crippen LogP contribution < -0.4 is 16.3 Å². The van der Waals surface area contributed by atoms with Crippen molar-refractivity contribution in [1.29, 1.82) is 0 Å². The van der Waals surface area contributed by atoms with Crippen LogP contribution in [0.3, 0.4) is 0 Å². The Morgan fingerprint density at radius 1 is 1.26 bits per heavy atom. The van der Waals surface area contributed by atoms with Crippen molar-refractivity contribution in [3.8, 4) is 0 Å². The highest BCUT2D eigenvalue weighted by Crippen LogP contribution is 2.12. The molecule has 0 spiro atoms. The van der Waals surface area contributed by atoms with Crippen LogP contribution in [0, 0.1) is 0 Å². The maximum Gasteiger partial charge on any atom is 0.263 e. The van der Waals surface area contributed by atoms with Crippen molar-refractivity contribution in [1.82, 2.24) is 21.3 Å². The summed E-state index contributed by atoms with van der Waals surface area (Å²) < 4.78 is 5.57. The second kappa shape index (κ2) is 7.26. The number of benzene rings is 1. The first-order chi connectivity index (χ1) is 11.3. The molecule has 0 bridgehead atoms. The summed E-state index contributed by atoms with van der Waals surface area (Å²) in [5, 5.41) is 1.50. The van der Waals surface area contributed by atoms with Crippen LogP contribution >= 0.6 is 0 Å². The van der Waals surface area contributed by atoms with Gasteiger partial charge in [-0.05, 0) is 18.4 Å². The third-order valence-corrected chi connectivity index (χ3v) is 3.80. The van der Waals surface area contributed by atoms with Gasteiger partial charge >= 0.3 is 0 Å². The predicted molar refractivity (Wildman–Crippen MR) is 83.3 cm³/mol. The number of rotatable bonds is 4. The van der Waals surface area contributed by atoms with Crippen LogP contribution in [0.5, 0.6) is 0 Å². The SMILES string of the molecule is O=C1C(OCc2ccccc2)=CNNC1C(=O)N1CCCCN1. The fourth-order valence-corrected chi connectivity index (χ4v) is 2.52. The summed E-state index contributed by atoms with van der Waals surface area (Å²) in [5.74, 6) is -0.504. The molecule has 2 aliphatic rings. The van der Waals surface area contributed by atoms with Gasteiger partial charge in [-0.3, -0.25) is 14.6 Å². The van der Waals surface area contributed by atoms with Crippen molar-refractivity contribution in [3.05, 3.63) is 47.9 Å². The molecule has 1 unspecified atom stereocenters. The van der Waals surface area contributed by atoms with E-state index < -0.39 is 6.04 Å². The number of carbonyl (C=O) groups excluding carboxylic acids is 2. The molecule has 1 amide bonds. The van der Waals surface area contributed by atoms with E-state index in [2.05, 4.69) is 16.3 Å². The van der Waals surface area contributed by atoms with Crippen molar-refractivity contribution >= 4 is 11.7 Å². The van der Waals surface area contributed by atoms with Gasteiger partial charge in [-0.15, -0.1) is 0 Å². The molecule has 1 saturated heterocycles. The third-order valence-electron chi connectivity index (χ3n) is 3.80. The summed E-state index contributed by atoms with van der Waals surface area (Å²) >= 11 is 0. The van der Waals surface area contributed by atoms with Crippen molar-refractivity contribution in [2.45, 2.75) is 25.5 Å². The maximum atomic E-state index is 12.5. The zero-order valence-electron chi connectivity index (χ0n) is 12.7. The molecule has 0 saturated carbocycles. The average molecular weight is 316 g/mol. The van der Waals surface area contributed by atoms with Crippen LogP contribution in [-0.4, -0.2) is 35.8 Å². The van der Waals surface area contributed by atoms with Crippen molar-refractivity contribution < 1.29 is 14.3 Å². The first kappa shape index (κ1) is 15.5. The summed E-state index contributed by atoms with van der Waals surface area (Å²) in [6.45, 7) is 1.63. The van der Waals surface area contributed by atoms with E-state index in [0.717, 1.165) is 24.9 Å². The second-order valence-corrected chi connectivity index (χ2v) is 5.47. The third kappa shape index (κ3) is 3.69. The lowest BCUT2D eigenvalue weighted by Gasteiger charge is -2.32. The maximum absolute atomic E-state index is 12.5. The summed E-state index contributed by atoms with van der Waals surface area (Å²) in [4.78, 5) is 24.9. The smallest absolute Gasteiger partial charge is 0.263 e. The second-order valence-electron chi connectivity index (χ2n) is 5.47. The Labute approximate surface area is 134 Å². The molecule has 2 aliphatic heterocycles. The monoisotopic (exact) mass is 316 g/mol. The molecule has 7 heteroatoms. The Bertz CT molecular complexity index is 597. The van der Waals surface area contributed by atoms with Crippen LogP contribution in [-0.2, 0) is 20.9 Å². The number of nitrogens with one attached hydrogen (secondary N) is 3. The largest absolute Gasteiger partial charge is 0.484 e. The molecule has 1 atom stereocenters. The minimum Gasteiger partial charge on any atom is -0.484 e. The van der Waals surface area contributed by atoms with E-state index in [0.29, 0.717) is 6.54 Å². The van der Waals surface area contributed by atoms with E-state index in [9.17, 15) is 9.59 Å². The lowest BCUT2D eigenvalue weighted by molar-refractivity contribution is -0.142. The zero-order valence-corrected chi connectivity index (χ0v) is 12.7. The molecule has 7 nitrogen and oxygen atoms in total. The molecule has 3 N–H and O–H groups in total. The molecule has 3 rings (SSSR count). The molecule has 1 aromatic carbocycles. The molecule has 122 valence electrons. The number of amides is 1. The van der Waals surface area contributed by atoms with Gasteiger partial charge in [0.25, 0.3) is 5.91 Å². The van der Waals surface area contributed by atoms with E-state index in [4.69, 9.17) is 4.74 Å². The number of hydrazine groups is 2. The fraction of sp³-hybridized carbons (Fsp3) is 0.375. The zero-order chi connectivity index (χ0) is 16.1. The molecule has 0 aliphatic carbocycles. The Morgan fingerprint density at radius 2 is 2.09 bits per heavy atom. The summed E-state index contributed by atoms with van der Waals surface area (Å²) in [5.41, 5.74) is 9.42. The Kier molecular flexibility index (Phi) is 4.89. The lowest BCUT2D eigenvalue weighted by atomic mass is 10.1. The standard InChI is InChI=1S/C16H20N4O3/c21-15-13(23-11-12-6-2-1-3-7-12)10-17-19-14(15)16(22)20-9-5-4-8-18-20/h1-3,6-7,10,14,17-19H,4-5,8-9,11H2. The van der Waals surface area contributed by atoms with Gasteiger partial charge in [0.2, 0.25) is 5.78 Å². The Morgan fingerprint density at radius 3 is 2.83 bits per heavy atom. The van der Waals surface area contributed by atoms with E-state index in [1.54, 1.807) is 0 Å². The summed E-state index contributed by atoms with van der Waals surface area (Å²) in [6.07, 6.45) is 3.40. The molecule has 1 fully saturated rings. The normalized spacial score (nSPS) is 21.4. The summed E-state index contributed by atoms with van der Waals surface area (Å²) in [7, 11) is 0. The van der Waals surface area contributed by atoms with Crippen LogP contribution in [0.1, 0.15) is 18.4 Å². The van der Waals surface area contributed by atoms with E-state index in [1.165, 1.54) is 11.2 Å².